The lowest BCUT2D eigenvalue weighted by Crippen LogP contribution is -2.17. The highest BCUT2D eigenvalue weighted by molar-refractivity contribution is 6.31. The van der Waals surface area contributed by atoms with Crippen LogP contribution in [0.4, 0.5) is 0 Å². The molecule has 0 saturated carbocycles. The van der Waals surface area contributed by atoms with Crippen LogP contribution in [0.25, 0.3) is 11.3 Å². The highest BCUT2D eigenvalue weighted by atomic mass is 35.5. The molecule has 4 aromatic rings. The number of aromatic nitrogens is 2. The molecule has 0 bridgehead atoms. The topological polar surface area (TPSA) is 88.6 Å². The minimum Gasteiger partial charge on any atom is -0.497 e. The lowest BCUT2D eigenvalue weighted by Gasteiger charge is -2.11. The minimum atomic E-state index is -0.409. The average Bonchev–Trinajstić information content (AvgIpc) is 3.34. The Hall–Kier alpha value is -4.10. The van der Waals surface area contributed by atoms with Gasteiger partial charge in [0.05, 0.1) is 19.0 Å². The molecule has 2 N–H and O–H groups in total. The number of carbonyl (C=O) groups is 1. The summed E-state index contributed by atoms with van der Waals surface area (Å²) < 4.78 is 11.1. The Labute approximate surface area is 196 Å². The number of hydrogen-bond acceptors (Lipinski definition) is 5. The van der Waals surface area contributed by atoms with Gasteiger partial charge in [-0.1, -0.05) is 41.9 Å². The second kappa shape index (κ2) is 10.5. The standard InChI is InChI=1S/C25H21ClN4O3/c1-32-19-12-10-17(11-13-19)15-27-30-25(31)23-14-22(28-29-23)20-7-3-5-9-24(20)33-16-18-6-2-4-8-21(18)26/h2-15H,16H2,1H3,(H,28,29)(H,30,31)/b27-15-. The van der Waals surface area contributed by atoms with E-state index in [1.165, 1.54) is 0 Å². The molecule has 1 heterocycles. The molecule has 0 atom stereocenters. The van der Waals surface area contributed by atoms with Gasteiger partial charge in [-0.15, -0.1) is 0 Å². The van der Waals surface area contributed by atoms with E-state index in [1.807, 2.05) is 72.8 Å². The number of hydrogen-bond donors (Lipinski definition) is 2. The van der Waals surface area contributed by atoms with Crippen molar-refractivity contribution in [2.24, 2.45) is 5.10 Å². The summed E-state index contributed by atoms with van der Waals surface area (Å²) in [4.78, 5) is 12.5. The van der Waals surface area contributed by atoms with Crippen molar-refractivity contribution < 1.29 is 14.3 Å². The smallest absolute Gasteiger partial charge is 0.289 e. The van der Waals surface area contributed by atoms with Crippen LogP contribution in [-0.4, -0.2) is 29.4 Å². The van der Waals surface area contributed by atoms with Crippen LogP contribution >= 0.6 is 11.6 Å². The van der Waals surface area contributed by atoms with E-state index in [2.05, 4.69) is 20.7 Å². The number of halogens is 1. The van der Waals surface area contributed by atoms with Crippen LogP contribution in [0.5, 0.6) is 11.5 Å². The first-order chi connectivity index (χ1) is 16.1. The molecular weight excluding hydrogens is 440 g/mol. The molecule has 1 aromatic heterocycles. The van der Waals surface area contributed by atoms with Crippen LogP contribution in [0, 0.1) is 0 Å². The summed E-state index contributed by atoms with van der Waals surface area (Å²) in [5, 5.41) is 11.7. The van der Waals surface area contributed by atoms with Gasteiger partial charge in [-0.3, -0.25) is 9.89 Å². The maximum atomic E-state index is 12.5. The molecule has 0 radical (unpaired) electrons. The number of hydrazone groups is 1. The van der Waals surface area contributed by atoms with Crippen LogP contribution in [0.3, 0.4) is 0 Å². The molecular formula is C25H21ClN4O3. The number of benzene rings is 3. The zero-order valence-corrected chi connectivity index (χ0v) is 18.5. The molecule has 0 aliphatic heterocycles. The largest absolute Gasteiger partial charge is 0.497 e. The number of aromatic amines is 1. The van der Waals surface area contributed by atoms with Gasteiger partial charge in [0.25, 0.3) is 5.91 Å². The molecule has 0 unspecified atom stereocenters. The van der Waals surface area contributed by atoms with Gasteiger partial charge in [-0.05, 0) is 54.1 Å². The van der Waals surface area contributed by atoms with Crippen LogP contribution in [0.15, 0.2) is 84.0 Å². The minimum absolute atomic E-state index is 0.276. The van der Waals surface area contributed by atoms with E-state index in [0.717, 1.165) is 22.4 Å². The second-order valence-electron chi connectivity index (χ2n) is 7.02. The third kappa shape index (κ3) is 5.58. The van der Waals surface area contributed by atoms with E-state index in [4.69, 9.17) is 21.1 Å². The number of H-pyrrole nitrogens is 1. The monoisotopic (exact) mass is 460 g/mol. The molecule has 0 saturated heterocycles. The summed E-state index contributed by atoms with van der Waals surface area (Å²) in [5.74, 6) is 0.971. The van der Waals surface area contributed by atoms with E-state index in [0.29, 0.717) is 23.1 Å². The summed E-state index contributed by atoms with van der Waals surface area (Å²) in [6.07, 6.45) is 1.55. The van der Waals surface area contributed by atoms with Crippen molar-refractivity contribution in [1.82, 2.24) is 15.6 Å². The van der Waals surface area contributed by atoms with Crippen molar-refractivity contribution in [2.45, 2.75) is 6.61 Å². The third-order valence-corrected chi connectivity index (χ3v) is 5.19. The number of para-hydroxylation sites is 1. The van der Waals surface area contributed by atoms with Crippen molar-refractivity contribution in [1.29, 1.82) is 0 Å². The molecule has 1 amide bonds. The van der Waals surface area contributed by atoms with Gasteiger partial charge in [-0.25, -0.2) is 5.43 Å². The Morgan fingerprint density at radius 3 is 2.64 bits per heavy atom. The van der Waals surface area contributed by atoms with Crippen molar-refractivity contribution in [3.8, 4) is 22.8 Å². The van der Waals surface area contributed by atoms with Crippen molar-refractivity contribution >= 4 is 23.7 Å². The number of carbonyl (C=O) groups excluding carboxylic acids is 1. The first kappa shape index (κ1) is 22.1. The summed E-state index contributed by atoms with van der Waals surface area (Å²) in [7, 11) is 1.60. The molecule has 7 nitrogen and oxygen atoms in total. The fourth-order valence-electron chi connectivity index (χ4n) is 3.07. The lowest BCUT2D eigenvalue weighted by molar-refractivity contribution is 0.0950. The fraction of sp³-hybridized carbons (Fsp3) is 0.0800. The number of methoxy groups -OCH3 is 1. The van der Waals surface area contributed by atoms with E-state index in [1.54, 1.807) is 19.4 Å². The van der Waals surface area contributed by atoms with Crippen molar-refractivity contribution in [2.75, 3.05) is 7.11 Å². The molecule has 3 aromatic carbocycles. The molecule has 0 fully saturated rings. The first-order valence-electron chi connectivity index (χ1n) is 10.1. The number of rotatable bonds is 8. The SMILES string of the molecule is COc1ccc(/C=N\NC(=O)c2cc(-c3ccccc3OCc3ccccc3Cl)n[nH]2)cc1. The van der Waals surface area contributed by atoms with Gasteiger partial charge in [-0.2, -0.15) is 10.2 Å². The number of nitrogens with zero attached hydrogens (tertiary/aromatic N) is 2. The summed E-state index contributed by atoms with van der Waals surface area (Å²) in [6, 6.07) is 23.9. The lowest BCUT2D eigenvalue weighted by atomic mass is 10.1. The molecule has 166 valence electrons. The molecule has 8 heteroatoms. The van der Waals surface area contributed by atoms with Gasteiger partial charge < -0.3 is 9.47 Å². The normalized spacial score (nSPS) is 10.8. The Bertz CT molecular complexity index is 1270. The summed E-state index contributed by atoms with van der Waals surface area (Å²) >= 11 is 6.22. The molecule has 4 rings (SSSR count). The van der Waals surface area contributed by atoms with Crippen LogP contribution < -0.4 is 14.9 Å². The van der Waals surface area contributed by atoms with Crippen molar-refractivity contribution in [3.05, 3.63) is 101 Å². The fourth-order valence-corrected chi connectivity index (χ4v) is 3.26. The zero-order chi connectivity index (χ0) is 23.0. The number of nitrogens with one attached hydrogen (secondary N) is 2. The average molecular weight is 461 g/mol. The predicted octanol–water partition coefficient (Wildman–Crippen LogP) is 5.08. The van der Waals surface area contributed by atoms with E-state index in [-0.39, 0.29) is 5.69 Å². The van der Waals surface area contributed by atoms with Gasteiger partial charge in [0.15, 0.2) is 0 Å². The van der Waals surface area contributed by atoms with Gasteiger partial charge in [0.1, 0.15) is 23.8 Å². The van der Waals surface area contributed by atoms with Gasteiger partial charge in [0.2, 0.25) is 0 Å². The Balaban J connectivity index is 1.43. The number of ether oxygens (including phenoxy) is 2. The Morgan fingerprint density at radius 1 is 1.09 bits per heavy atom. The highest BCUT2D eigenvalue weighted by Gasteiger charge is 2.14. The molecule has 33 heavy (non-hydrogen) atoms. The second-order valence-corrected chi connectivity index (χ2v) is 7.42. The summed E-state index contributed by atoms with van der Waals surface area (Å²) in [5.41, 5.74) is 5.80. The Kier molecular flexibility index (Phi) is 7.02. The van der Waals surface area contributed by atoms with Gasteiger partial charge in [0, 0.05) is 16.1 Å². The molecule has 0 aliphatic carbocycles. The van der Waals surface area contributed by atoms with E-state index < -0.39 is 5.91 Å². The van der Waals surface area contributed by atoms with Crippen LogP contribution in [0.2, 0.25) is 5.02 Å². The summed E-state index contributed by atoms with van der Waals surface area (Å²) in [6.45, 7) is 0.314. The Morgan fingerprint density at radius 2 is 1.85 bits per heavy atom. The highest BCUT2D eigenvalue weighted by Crippen LogP contribution is 2.30. The van der Waals surface area contributed by atoms with Gasteiger partial charge >= 0.3 is 0 Å². The quantitative estimate of drug-likeness (QED) is 0.283. The maximum Gasteiger partial charge on any atom is 0.289 e. The van der Waals surface area contributed by atoms with E-state index >= 15 is 0 Å². The molecule has 0 spiro atoms. The first-order valence-corrected chi connectivity index (χ1v) is 10.5. The predicted molar refractivity (Wildman–Crippen MR) is 128 cm³/mol. The maximum absolute atomic E-state index is 12.5. The third-order valence-electron chi connectivity index (χ3n) is 4.82. The van der Waals surface area contributed by atoms with E-state index in [9.17, 15) is 4.79 Å². The van der Waals surface area contributed by atoms with Crippen LogP contribution in [0.1, 0.15) is 21.6 Å². The zero-order valence-electron chi connectivity index (χ0n) is 17.8. The van der Waals surface area contributed by atoms with Crippen molar-refractivity contribution in [3.63, 3.8) is 0 Å². The molecule has 0 aliphatic rings. The number of amides is 1. The van der Waals surface area contributed by atoms with Crippen LogP contribution in [-0.2, 0) is 6.61 Å².